The van der Waals surface area contributed by atoms with E-state index in [2.05, 4.69) is 18.7 Å². The van der Waals surface area contributed by atoms with Crippen molar-refractivity contribution < 1.29 is 14.3 Å². The predicted molar refractivity (Wildman–Crippen MR) is 129 cm³/mol. The molecule has 0 aromatic carbocycles. The summed E-state index contributed by atoms with van der Waals surface area (Å²) in [7, 11) is 0. The predicted octanol–water partition coefficient (Wildman–Crippen LogP) is 5.81. The van der Waals surface area contributed by atoms with Crippen LogP contribution in [0.5, 0.6) is 0 Å². The van der Waals surface area contributed by atoms with Crippen LogP contribution in [0.3, 0.4) is 0 Å². The van der Waals surface area contributed by atoms with Gasteiger partial charge in [0.1, 0.15) is 0 Å². The largest absolute Gasteiger partial charge is 0.466 e. The van der Waals surface area contributed by atoms with Gasteiger partial charge in [0.05, 0.1) is 6.61 Å². The monoisotopic (exact) mass is 438 g/mol. The maximum Gasteiger partial charge on any atom is 0.305 e. The second kappa shape index (κ2) is 18.5. The van der Waals surface area contributed by atoms with Gasteiger partial charge in [-0.05, 0) is 44.7 Å². The number of amides is 1. The molecule has 1 saturated heterocycles. The zero-order valence-corrected chi connectivity index (χ0v) is 20.8. The number of hydrogen-bond donors (Lipinski definition) is 0. The number of ether oxygens (including phenoxy) is 1. The van der Waals surface area contributed by atoms with Gasteiger partial charge in [-0.15, -0.1) is 0 Å². The standard InChI is InChI=1S/C26H50N2O3/c1-4-7-9-10-11-12-13-18-27(19-15-16-26(30)31-21-14-8-5-2)22-24-17-20-28(23-24)25(29)6-3/h24H,4-23H2,1-3H3. The maximum atomic E-state index is 12.0. The molecule has 0 spiro atoms. The van der Waals surface area contributed by atoms with E-state index in [1.54, 1.807) is 0 Å². The van der Waals surface area contributed by atoms with Crippen LogP contribution in [0.2, 0.25) is 0 Å². The Morgan fingerprint density at radius 3 is 2.23 bits per heavy atom. The highest BCUT2D eigenvalue weighted by molar-refractivity contribution is 5.76. The third kappa shape index (κ3) is 13.8. The summed E-state index contributed by atoms with van der Waals surface area (Å²) in [4.78, 5) is 28.6. The van der Waals surface area contributed by atoms with Crippen LogP contribution in [0.4, 0.5) is 0 Å². The summed E-state index contributed by atoms with van der Waals surface area (Å²) in [5, 5.41) is 0. The molecule has 1 atom stereocenters. The minimum absolute atomic E-state index is 0.0486. The van der Waals surface area contributed by atoms with Gasteiger partial charge in [-0.1, -0.05) is 72.1 Å². The molecule has 5 heteroatoms. The number of likely N-dealkylation sites (tertiary alicyclic amines) is 1. The first-order valence-electron chi connectivity index (χ1n) is 13.3. The molecule has 0 aliphatic carbocycles. The number of hydrogen-bond acceptors (Lipinski definition) is 4. The summed E-state index contributed by atoms with van der Waals surface area (Å²) < 4.78 is 5.36. The van der Waals surface area contributed by atoms with Crippen LogP contribution in [-0.2, 0) is 14.3 Å². The second-order valence-electron chi connectivity index (χ2n) is 9.30. The average Bonchev–Trinajstić information content (AvgIpc) is 3.24. The van der Waals surface area contributed by atoms with Gasteiger partial charge in [-0.3, -0.25) is 9.59 Å². The molecule has 1 aliphatic heterocycles. The first-order chi connectivity index (χ1) is 15.1. The summed E-state index contributed by atoms with van der Waals surface area (Å²) in [6.45, 7) is 11.9. The molecule has 5 nitrogen and oxygen atoms in total. The first kappa shape index (κ1) is 27.9. The summed E-state index contributed by atoms with van der Waals surface area (Å²) in [5.74, 6) is 0.806. The van der Waals surface area contributed by atoms with Gasteiger partial charge in [0.15, 0.2) is 0 Å². The van der Waals surface area contributed by atoms with Crippen molar-refractivity contribution in [3.05, 3.63) is 0 Å². The molecule has 31 heavy (non-hydrogen) atoms. The lowest BCUT2D eigenvalue weighted by Crippen LogP contribution is -2.34. The van der Waals surface area contributed by atoms with Crippen molar-refractivity contribution in [2.75, 3.05) is 39.3 Å². The van der Waals surface area contributed by atoms with Crippen molar-refractivity contribution in [1.29, 1.82) is 0 Å². The molecule has 0 N–H and O–H groups in total. The van der Waals surface area contributed by atoms with Gasteiger partial charge in [0.2, 0.25) is 5.91 Å². The van der Waals surface area contributed by atoms with Gasteiger partial charge in [0, 0.05) is 32.5 Å². The van der Waals surface area contributed by atoms with E-state index in [0.29, 0.717) is 25.4 Å². The fraction of sp³-hybridized carbons (Fsp3) is 0.923. The molecule has 0 bridgehead atoms. The van der Waals surface area contributed by atoms with Crippen LogP contribution < -0.4 is 0 Å². The van der Waals surface area contributed by atoms with Gasteiger partial charge >= 0.3 is 5.97 Å². The lowest BCUT2D eigenvalue weighted by Gasteiger charge is -2.26. The SMILES string of the molecule is CCCCCCCCCN(CCCC(=O)OCCCCC)CC1CCN(C(=O)CC)C1. The van der Waals surface area contributed by atoms with Gasteiger partial charge in [-0.2, -0.15) is 0 Å². The van der Waals surface area contributed by atoms with Crippen molar-refractivity contribution in [3.63, 3.8) is 0 Å². The Morgan fingerprint density at radius 1 is 0.871 bits per heavy atom. The molecule has 1 heterocycles. The number of carbonyl (C=O) groups excluding carboxylic acids is 2. The lowest BCUT2D eigenvalue weighted by molar-refractivity contribution is -0.144. The zero-order chi connectivity index (χ0) is 22.7. The molecular weight excluding hydrogens is 388 g/mol. The summed E-state index contributed by atoms with van der Waals surface area (Å²) in [6, 6.07) is 0. The number of unbranched alkanes of at least 4 members (excludes halogenated alkanes) is 8. The Kier molecular flexibility index (Phi) is 16.6. The topological polar surface area (TPSA) is 49.9 Å². The Hall–Kier alpha value is -1.10. The highest BCUT2D eigenvalue weighted by Gasteiger charge is 2.26. The molecule has 0 aromatic heterocycles. The molecule has 1 aliphatic rings. The summed E-state index contributed by atoms with van der Waals surface area (Å²) >= 11 is 0. The molecule has 0 saturated carbocycles. The van der Waals surface area contributed by atoms with Crippen molar-refractivity contribution in [3.8, 4) is 0 Å². The Morgan fingerprint density at radius 2 is 1.52 bits per heavy atom. The van der Waals surface area contributed by atoms with Crippen molar-refractivity contribution >= 4 is 11.9 Å². The van der Waals surface area contributed by atoms with Crippen LogP contribution >= 0.6 is 0 Å². The molecule has 0 aromatic rings. The molecule has 1 unspecified atom stereocenters. The van der Waals surface area contributed by atoms with Gasteiger partial charge in [0.25, 0.3) is 0 Å². The van der Waals surface area contributed by atoms with Crippen molar-refractivity contribution in [2.45, 2.75) is 111 Å². The third-order valence-corrected chi connectivity index (χ3v) is 6.40. The highest BCUT2D eigenvalue weighted by Crippen LogP contribution is 2.19. The van der Waals surface area contributed by atoms with E-state index in [4.69, 9.17) is 4.74 Å². The number of rotatable bonds is 19. The van der Waals surface area contributed by atoms with Gasteiger partial charge < -0.3 is 14.5 Å². The number of carbonyl (C=O) groups is 2. The average molecular weight is 439 g/mol. The summed E-state index contributed by atoms with van der Waals surface area (Å²) in [5.41, 5.74) is 0. The van der Waals surface area contributed by atoms with E-state index in [9.17, 15) is 9.59 Å². The first-order valence-corrected chi connectivity index (χ1v) is 13.3. The van der Waals surface area contributed by atoms with Crippen LogP contribution in [0, 0.1) is 5.92 Å². The van der Waals surface area contributed by atoms with Gasteiger partial charge in [-0.25, -0.2) is 0 Å². The molecular formula is C26H50N2O3. The van der Waals surface area contributed by atoms with E-state index in [0.717, 1.165) is 64.8 Å². The molecule has 182 valence electrons. The molecule has 1 amide bonds. The Bertz CT molecular complexity index is 470. The normalized spacial score (nSPS) is 16.3. The number of nitrogens with zero attached hydrogens (tertiary/aromatic N) is 2. The Labute approximate surface area is 192 Å². The molecule has 1 rings (SSSR count). The van der Waals surface area contributed by atoms with Crippen LogP contribution in [0.15, 0.2) is 0 Å². The minimum atomic E-state index is -0.0486. The fourth-order valence-corrected chi connectivity index (χ4v) is 4.44. The van der Waals surface area contributed by atoms with E-state index in [1.807, 2.05) is 11.8 Å². The maximum absolute atomic E-state index is 12.0. The van der Waals surface area contributed by atoms with E-state index in [1.165, 1.54) is 44.9 Å². The quantitative estimate of drug-likeness (QED) is 0.189. The van der Waals surface area contributed by atoms with E-state index >= 15 is 0 Å². The van der Waals surface area contributed by atoms with Crippen LogP contribution in [0.1, 0.15) is 111 Å². The summed E-state index contributed by atoms with van der Waals surface area (Å²) in [6.07, 6.45) is 15.6. The molecule has 0 radical (unpaired) electrons. The van der Waals surface area contributed by atoms with Crippen LogP contribution in [-0.4, -0.2) is 61.0 Å². The Balaban J connectivity index is 2.34. The zero-order valence-electron chi connectivity index (χ0n) is 20.8. The second-order valence-corrected chi connectivity index (χ2v) is 9.30. The van der Waals surface area contributed by atoms with E-state index < -0.39 is 0 Å². The van der Waals surface area contributed by atoms with Crippen molar-refractivity contribution in [1.82, 2.24) is 9.80 Å². The van der Waals surface area contributed by atoms with E-state index in [-0.39, 0.29) is 11.9 Å². The van der Waals surface area contributed by atoms with Crippen molar-refractivity contribution in [2.24, 2.45) is 5.92 Å². The minimum Gasteiger partial charge on any atom is -0.466 e. The number of esters is 1. The fourth-order valence-electron chi connectivity index (χ4n) is 4.44. The highest BCUT2D eigenvalue weighted by atomic mass is 16.5. The lowest BCUT2D eigenvalue weighted by atomic mass is 10.1. The molecule has 1 fully saturated rings. The van der Waals surface area contributed by atoms with Crippen LogP contribution in [0.25, 0.3) is 0 Å². The smallest absolute Gasteiger partial charge is 0.305 e. The third-order valence-electron chi connectivity index (χ3n) is 6.40.